The van der Waals surface area contributed by atoms with Crippen LogP contribution in [0, 0.1) is 0 Å². The number of para-hydroxylation sites is 1. The summed E-state index contributed by atoms with van der Waals surface area (Å²) in [5, 5.41) is 9.68. The molecule has 1 amide bonds. The molecule has 3 aromatic rings. The lowest BCUT2D eigenvalue weighted by Gasteiger charge is -2.17. The third kappa shape index (κ3) is 5.81. The Morgan fingerprint density at radius 2 is 1.60 bits per heavy atom. The van der Waals surface area contributed by atoms with Gasteiger partial charge in [-0.2, -0.15) is 0 Å². The van der Waals surface area contributed by atoms with E-state index in [9.17, 15) is 4.79 Å². The zero-order valence-electron chi connectivity index (χ0n) is 17.0. The summed E-state index contributed by atoms with van der Waals surface area (Å²) in [7, 11) is 0. The number of benzene rings is 3. The van der Waals surface area contributed by atoms with Gasteiger partial charge < -0.3 is 20.7 Å². The molecule has 0 aromatic heterocycles. The molecule has 0 heterocycles. The first kappa shape index (κ1) is 21.3. The summed E-state index contributed by atoms with van der Waals surface area (Å²) in [6, 6.07) is 24.6. The van der Waals surface area contributed by atoms with E-state index in [2.05, 4.69) is 16.0 Å². The Morgan fingerprint density at radius 3 is 2.30 bits per heavy atom. The van der Waals surface area contributed by atoms with Crippen LogP contribution in [0.3, 0.4) is 0 Å². The zero-order chi connectivity index (χ0) is 21.3. The summed E-state index contributed by atoms with van der Waals surface area (Å²) >= 11 is 5.43. The molecule has 0 saturated carbocycles. The monoisotopic (exact) mass is 419 g/mol. The fourth-order valence-corrected chi connectivity index (χ4v) is 3.20. The van der Waals surface area contributed by atoms with E-state index in [0.717, 1.165) is 17.0 Å². The lowest BCUT2D eigenvalue weighted by molar-refractivity contribution is 0.0941. The quantitative estimate of drug-likeness (QED) is 0.449. The Kier molecular flexibility index (Phi) is 7.40. The van der Waals surface area contributed by atoms with Gasteiger partial charge in [-0.05, 0) is 68.0 Å². The number of hydrogen-bond acceptors (Lipinski definition) is 3. The van der Waals surface area contributed by atoms with Crippen molar-refractivity contribution in [2.24, 2.45) is 0 Å². The molecule has 0 spiro atoms. The highest BCUT2D eigenvalue weighted by Gasteiger charge is 2.15. The molecular formula is C24H25N3O2S. The number of rotatable bonds is 7. The molecule has 0 unspecified atom stereocenters. The Balaban J connectivity index is 1.65. The van der Waals surface area contributed by atoms with Crippen LogP contribution in [0.15, 0.2) is 78.9 Å². The summed E-state index contributed by atoms with van der Waals surface area (Å²) < 4.78 is 5.45. The molecule has 0 radical (unpaired) electrons. The minimum Gasteiger partial charge on any atom is -0.494 e. The van der Waals surface area contributed by atoms with Gasteiger partial charge in [-0.25, -0.2) is 0 Å². The number of anilines is 2. The number of carbonyl (C=O) groups excluding carboxylic acids is 1. The maximum absolute atomic E-state index is 12.9. The molecule has 0 aliphatic rings. The van der Waals surface area contributed by atoms with E-state index in [1.165, 1.54) is 0 Å². The molecule has 3 rings (SSSR count). The van der Waals surface area contributed by atoms with Crippen LogP contribution in [-0.4, -0.2) is 17.6 Å². The van der Waals surface area contributed by atoms with Crippen molar-refractivity contribution in [2.75, 3.05) is 17.2 Å². The smallest absolute Gasteiger partial charge is 0.253 e. The van der Waals surface area contributed by atoms with Gasteiger partial charge in [-0.15, -0.1) is 0 Å². The number of carbonyl (C=O) groups is 1. The van der Waals surface area contributed by atoms with Crippen molar-refractivity contribution < 1.29 is 9.53 Å². The first-order valence-corrected chi connectivity index (χ1v) is 10.2. The predicted octanol–water partition coefficient (Wildman–Crippen LogP) is 5.39. The van der Waals surface area contributed by atoms with Crippen LogP contribution in [-0.2, 0) is 0 Å². The minimum atomic E-state index is -0.168. The van der Waals surface area contributed by atoms with Crippen molar-refractivity contribution in [1.82, 2.24) is 5.32 Å². The van der Waals surface area contributed by atoms with Crippen LogP contribution in [0.25, 0.3) is 0 Å². The molecule has 0 aliphatic heterocycles. The van der Waals surface area contributed by atoms with Gasteiger partial charge in [0.1, 0.15) is 5.75 Å². The maximum Gasteiger partial charge on any atom is 0.253 e. The zero-order valence-corrected chi connectivity index (χ0v) is 17.8. The molecule has 1 atom stereocenters. The maximum atomic E-state index is 12.9. The third-order valence-electron chi connectivity index (χ3n) is 4.49. The van der Waals surface area contributed by atoms with Gasteiger partial charge in [0.25, 0.3) is 5.91 Å². The fourth-order valence-electron chi connectivity index (χ4n) is 2.98. The van der Waals surface area contributed by atoms with Gasteiger partial charge in [-0.1, -0.05) is 42.5 Å². The molecule has 0 fully saturated rings. The Morgan fingerprint density at radius 1 is 0.933 bits per heavy atom. The van der Waals surface area contributed by atoms with Gasteiger partial charge in [0, 0.05) is 5.69 Å². The van der Waals surface area contributed by atoms with Crippen LogP contribution in [0.1, 0.15) is 35.8 Å². The normalized spacial score (nSPS) is 11.3. The summed E-state index contributed by atoms with van der Waals surface area (Å²) in [5.74, 6) is 0.634. The lowest BCUT2D eigenvalue weighted by atomic mass is 10.1. The Hall–Kier alpha value is -3.38. The van der Waals surface area contributed by atoms with Crippen molar-refractivity contribution in [1.29, 1.82) is 0 Å². The van der Waals surface area contributed by atoms with E-state index < -0.39 is 0 Å². The summed E-state index contributed by atoms with van der Waals surface area (Å²) in [6.45, 7) is 4.52. The summed E-state index contributed by atoms with van der Waals surface area (Å²) in [5.41, 5.74) is 3.04. The number of nitrogens with one attached hydrogen (secondary N) is 3. The molecule has 30 heavy (non-hydrogen) atoms. The van der Waals surface area contributed by atoms with Crippen LogP contribution < -0.4 is 20.7 Å². The molecule has 6 heteroatoms. The second-order valence-corrected chi connectivity index (χ2v) is 7.10. The second-order valence-electron chi connectivity index (χ2n) is 6.69. The van der Waals surface area contributed by atoms with Gasteiger partial charge in [0.15, 0.2) is 5.11 Å². The average molecular weight is 420 g/mol. The summed E-state index contributed by atoms with van der Waals surface area (Å²) in [4.78, 5) is 12.9. The van der Waals surface area contributed by atoms with E-state index in [1.54, 1.807) is 6.07 Å². The highest BCUT2D eigenvalue weighted by Crippen LogP contribution is 2.19. The lowest BCUT2D eigenvalue weighted by Crippen LogP contribution is -2.28. The molecule has 5 nitrogen and oxygen atoms in total. The first-order chi connectivity index (χ1) is 14.6. The molecule has 154 valence electrons. The van der Waals surface area contributed by atoms with E-state index in [4.69, 9.17) is 17.0 Å². The van der Waals surface area contributed by atoms with Crippen molar-refractivity contribution in [3.05, 3.63) is 90.0 Å². The number of hydrogen-bond donors (Lipinski definition) is 3. The largest absolute Gasteiger partial charge is 0.494 e. The molecule has 0 saturated heterocycles. The van der Waals surface area contributed by atoms with Crippen molar-refractivity contribution >= 4 is 34.6 Å². The Labute approximate surface area is 182 Å². The molecule has 0 aliphatic carbocycles. The molecule has 0 bridgehead atoms. The third-order valence-corrected chi connectivity index (χ3v) is 4.69. The van der Waals surface area contributed by atoms with Gasteiger partial charge in [0.2, 0.25) is 0 Å². The van der Waals surface area contributed by atoms with E-state index in [1.807, 2.05) is 86.6 Å². The van der Waals surface area contributed by atoms with E-state index in [-0.39, 0.29) is 11.9 Å². The number of ether oxygens (including phenoxy) is 1. The Bertz CT molecular complexity index is 991. The standard InChI is InChI=1S/C24H25N3O2S/c1-3-29-20-15-13-19(14-16-20)26-24(30)27-22-12-8-7-11-21(22)23(28)25-17(2)18-9-5-4-6-10-18/h4-17H,3H2,1-2H3,(H,25,28)(H2,26,27,30)/t17-/m0/s1. The SMILES string of the molecule is CCOc1ccc(NC(=S)Nc2ccccc2C(=O)N[C@@H](C)c2ccccc2)cc1. The highest BCUT2D eigenvalue weighted by molar-refractivity contribution is 7.80. The topological polar surface area (TPSA) is 62.4 Å². The van der Waals surface area contributed by atoms with Crippen molar-refractivity contribution in [2.45, 2.75) is 19.9 Å². The minimum absolute atomic E-state index is 0.110. The predicted molar refractivity (Wildman–Crippen MR) is 126 cm³/mol. The summed E-state index contributed by atoms with van der Waals surface area (Å²) in [6.07, 6.45) is 0. The van der Waals surface area contributed by atoms with Gasteiger partial charge in [-0.3, -0.25) is 4.79 Å². The van der Waals surface area contributed by atoms with E-state index in [0.29, 0.717) is 23.0 Å². The fraction of sp³-hybridized carbons (Fsp3) is 0.167. The van der Waals surface area contributed by atoms with Crippen molar-refractivity contribution in [3.8, 4) is 5.75 Å². The van der Waals surface area contributed by atoms with Crippen LogP contribution in [0.4, 0.5) is 11.4 Å². The van der Waals surface area contributed by atoms with Crippen molar-refractivity contribution in [3.63, 3.8) is 0 Å². The average Bonchev–Trinajstić information content (AvgIpc) is 2.76. The van der Waals surface area contributed by atoms with Gasteiger partial charge in [0.05, 0.1) is 23.9 Å². The van der Waals surface area contributed by atoms with Gasteiger partial charge >= 0.3 is 0 Å². The second kappa shape index (κ2) is 10.4. The first-order valence-electron chi connectivity index (χ1n) is 9.82. The van der Waals surface area contributed by atoms with Crippen LogP contribution >= 0.6 is 12.2 Å². The van der Waals surface area contributed by atoms with Crippen LogP contribution in [0.5, 0.6) is 5.75 Å². The van der Waals surface area contributed by atoms with E-state index >= 15 is 0 Å². The van der Waals surface area contributed by atoms with Crippen LogP contribution in [0.2, 0.25) is 0 Å². The number of thiocarbonyl (C=S) groups is 1. The molecule has 3 N–H and O–H groups in total. The highest BCUT2D eigenvalue weighted by atomic mass is 32.1. The number of amides is 1. The molecule has 3 aromatic carbocycles. The molecular weight excluding hydrogens is 394 g/mol.